The van der Waals surface area contributed by atoms with Gasteiger partial charge < -0.3 is 15.0 Å². The Balaban J connectivity index is 2.07. The Morgan fingerprint density at radius 2 is 2.00 bits per heavy atom. The number of amides is 2. The maximum Gasteiger partial charge on any atom is 0.249 e. The van der Waals surface area contributed by atoms with Crippen molar-refractivity contribution in [1.29, 1.82) is 0 Å². The molecular formula is C15H26N2O3. The molecule has 0 aromatic rings. The van der Waals surface area contributed by atoms with Crippen LogP contribution < -0.4 is 5.32 Å². The molecule has 1 spiro atoms. The Morgan fingerprint density at radius 3 is 2.60 bits per heavy atom. The Morgan fingerprint density at radius 1 is 1.30 bits per heavy atom. The molecule has 0 bridgehead atoms. The fourth-order valence-electron chi connectivity index (χ4n) is 3.39. The van der Waals surface area contributed by atoms with E-state index in [4.69, 9.17) is 4.74 Å². The third kappa shape index (κ3) is 2.82. The van der Waals surface area contributed by atoms with Crippen LogP contribution in [-0.2, 0) is 14.3 Å². The summed E-state index contributed by atoms with van der Waals surface area (Å²) in [6.45, 7) is 5.87. The number of piperazine rings is 1. The maximum atomic E-state index is 12.8. The van der Waals surface area contributed by atoms with Crippen molar-refractivity contribution in [2.24, 2.45) is 0 Å². The fourth-order valence-corrected chi connectivity index (χ4v) is 3.39. The molecule has 1 heterocycles. The van der Waals surface area contributed by atoms with Crippen molar-refractivity contribution in [3.8, 4) is 0 Å². The number of ether oxygens (including phenoxy) is 1. The monoisotopic (exact) mass is 282 g/mol. The van der Waals surface area contributed by atoms with Gasteiger partial charge in [-0.1, -0.05) is 19.8 Å². The van der Waals surface area contributed by atoms with Gasteiger partial charge in [0.1, 0.15) is 11.6 Å². The summed E-state index contributed by atoms with van der Waals surface area (Å²) in [5.41, 5.74) is -0.603. The van der Waals surface area contributed by atoms with Crippen LogP contribution in [0.15, 0.2) is 0 Å². The predicted molar refractivity (Wildman–Crippen MR) is 76.2 cm³/mol. The van der Waals surface area contributed by atoms with Gasteiger partial charge in [-0.15, -0.1) is 0 Å². The summed E-state index contributed by atoms with van der Waals surface area (Å²) in [5, 5.41) is 3.01. The normalized spacial score (nSPS) is 25.3. The quantitative estimate of drug-likeness (QED) is 0.750. The van der Waals surface area contributed by atoms with Crippen LogP contribution >= 0.6 is 0 Å². The molecule has 1 N–H and O–H groups in total. The average molecular weight is 282 g/mol. The molecule has 2 amide bonds. The van der Waals surface area contributed by atoms with E-state index in [-0.39, 0.29) is 17.9 Å². The van der Waals surface area contributed by atoms with Gasteiger partial charge in [0.15, 0.2) is 0 Å². The number of nitrogens with one attached hydrogen (secondary N) is 1. The summed E-state index contributed by atoms with van der Waals surface area (Å²) in [4.78, 5) is 26.9. The molecule has 114 valence electrons. The molecule has 2 fully saturated rings. The standard InChI is InChI=1S/C15H26N2O3/c1-3-12-13(18)16-15(8-5-6-9-15)14(19)17(12)10-7-11-20-4-2/h12H,3-11H2,1-2H3,(H,16,18). The van der Waals surface area contributed by atoms with E-state index in [9.17, 15) is 9.59 Å². The Labute approximate surface area is 121 Å². The van der Waals surface area contributed by atoms with Crippen LogP contribution in [0.3, 0.4) is 0 Å². The zero-order valence-corrected chi connectivity index (χ0v) is 12.6. The van der Waals surface area contributed by atoms with Crippen LogP contribution in [0.1, 0.15) is 52.4 Å². The second-order valence-corrected chi connectivity index (χ2v) is 5.75. The molecule has 1 saturated heterocycles. The number of carbonyl (C=O) groups is 2. The molecule has 20 heavy (non-hydrogen) atoms. The van der Waals surface area contributed by atoms with Crippen LogP contribution in [0.4, 0.5) is 0 Å². The van der Waals surface area contributed by atoms with Crippen molar-refractivity contribution in [3.63, 3.8) is 0 Å². The summed E-state index contributed by atoms with van der Waals surface area (Å²) in [5.74, 6) is 0.142. The molecule has 1 aliphatic carbocycles. The van der Waals surface area contributed by atoms with Gasteiger partial charge in [-0.25, -0.2) is 0 Å². The highest BCUT2D eigenvalue weighted by Gasteiger charge is 2.51. The molecule has 2 aliphatic rings. The summed E-state index contributed by atoms with van der Waals surface area (Å²) in [6, 6.07) is -0.310. The van der Waals surface area contributed by atoms with Gasteiger partial charge in [0, 0.05) is 19.8 Å². The number of carbonyl (C=O) groups excluding carboxylic acids is 2. The van der Waals surface area contributed by atoms with Crippen molar-refractivity contribution in [3.05, 3.63) is 0 Å². The first-order valence-corrected chi connectivity index (χ1v) is 7.85. The molecule has 1 aliphatic heterocycles. The number of rotatable bonds is 6. The molecule has 5 nitrogen and oxygen atoms in total. The lowest BCUT2D eigenvalue weighted by Crippen LogP contribution is -2.69. The molecule has 0 radical (unpaired) electrons. The molecule has 0 aromatic carbocycles. The number of hydrogen-bond acceptors (Lipinski definition) is 3. The van der Waals surface area contributed by atoms with Crippen molar-refractivity contribution < 1.29 is 14.3 Å². The minimum Gasteiger partial charge on any atom is -0.382 e. The Bertz CT molecular complexity index is 364. The SMILES string of the molecule is CCOCCCN1C(=O)C2(CCCC2)NC(=O)C1CC. The largest absolute Gasteiger partial charge is 0.382 e. The van der Waals surface area contributed by atoms with Gasteiger partial charge in [0.25, 0.3) is 0 Å². The van der Waals surface area contributed by atoms with Crippen LogP contribution in [-0.4, -0.2) is 48.1 Å². The first-order chi connectivity index (χ1) is 9.64. The van der Waals surface area contributed by atoms with Gasteiger partial charge in [0.05, 0.1) is 0 Å². The first kappa shape index (κ1) is 15.3. The van der Waals surface area contributed by atoms with Gasteiger partial charge in [-0.2, -0.15) is 0 Å². The van der Waals surface area contributed by atoms with Crippen molar-refractivity contribution in [2.75, 3.05) is 19.8 Å². The van der Waals surface area contributed by atoms with E-state index < -0.39 is 5.54 Å². The van der Waals surface area contributed by atoms with E-state index in [1.54, 1.807) is 4.90 Å². The van der Waals surface area contributed by atoms with Crippen LogP contribution in [0.5, 0.6) is 0 Å². The lowest BCUT2D eigenvalue weighted by atomic mass is 9.90. The Kier molecular flexibility index (Phi) is 5.02. The molecule has 2 rings (SSSR count). The average Bonchev–Trinajstić information content (AvgIpc) is 2.89. The number of hydrogen-bond donors (Lipinski definition) is 1. The first-order valence-electron chi connectivity index (χ1n) is 7.85. The van der Waals surface area contributed by atoms with Crippen molar-refractivity contribution >= 4 is 11.8 Å². The minimum absolute atomic E-state index is 0.0189. The fraction of sp³-hybridized carbons (Fsp3) is 0.867. The molecule has 1 atom stereocenters. The van der Waals surface area contributed by atoms with Gasteiger partial charge in [-0.05, 0) is 32.6 Å². The van der Waals surface area contributed by atoms with E-state index in [0.717, 1.165) is 32.1 Å². The van der Waals surface area contributed by atoms with Crippen LogP contribution in [0.25, 0.3) is 0 Å². The van der Waals surface area contributed by atoms with E-state index in [1.165, 1.54) is 0 Å². The van der Waals surface area contributed by atoms with E-state index in [0.29, 0.717) is 26.2 Å². The zero-order chi connectivity index (χ0) is 14.6. The minimum atomic E-state index is -0.603. The van der Waals surface area contributed by atoms with Gasteiger partial charge in [0.2, 0.25) is 11.8 Å². The lowest BCUT2D eigenvalue weighted by molar-refractivity contribution is -0.155. The highest BCUT2D eigenvalue weighted by Crippen LogP contribution is 2.35. The highest BCUT2D eigenvalue weighted by atomic mass is 16.5. The van der Waals surface area contributed by atoms with E-state index in [2.05, 4.69) is 5.32 Å². The third-order valence-corrected chi connectivity index (χ3v) is 4.45. The van der Waals surface area contributed by atoms with Crippen LogP contribution in [0.2, 0.25) is 0 Å². The second-order valence-electron chi connectivity index (χ2n) is 5.75. The zero-order valence-electron chi connectivity index (χ0n) is 12.6. The smallest absolute Gasteiger partial charge is 0.249 e. The van der Waals surface area contributed by atoms with Gasteiger partial charge in [-0.3, -0.25) is 9.59 Å². The highest BCUT2D eigenvalue weighted by molar-refractivity contribution is 6.00. The van der Waals surface area contributed by atoms with Crippen LogP contribution in [0, 0.1) is 0 Å². The second kappa shape index (κ2) is 6.57. The predicted octanol–water partition coefficient (Wildman–Crippen LogP) is 1.46. The lowest BCUT2D eigenvalue weighted by Gasteiger charge is -2.44. The van der Waals surface area contributed by atoms with E-state index in [1.807, 2.05) is 13.8 Å². The maximum absolute atomic E-state index is 12.8. The van der Waals surface area contributed by atoms with Crippen molar-refractivity contribution in [2.45, 2.75) is 64.0 Å². The van der Waals surface area contributed by atoms with Crippen molar-refractivity contribution in [1.82, 2.24) is 10.2 Å². The molecule has 1 unspecified atom stereocenters. The van der Waals surface area contributed by atoms with E-state index >= 15 is 0 Å². The van der Waals surface area contributed by atoms with Gasteiger partial charge >= 0.3 is 0 Å². The topological polar surface area (TPSA) is 58.6 Å². The summed E-state index contributed by atoms with van der Waals surface area (Å²) < 4.78 is 5.33. The summed E-state index contributed by atoms with van der Waals surface area (Å²) in [6.07, 6.45) is 5.08. The summed E-state index contributed by atoms with van der Waals surface area (Å²) >= 11 is 0. The molecule has 1 saturated carbocycles. The molecule has 5 heteroatoms. The third-order valence-electron chi connectivity index (χ3n) is 4.45. The number of nitrogens with zero attached hydrogens (tertiary/aromatic N) is 1. The molecular weight excluding hydrogens is 256 g/mol. The molecule has 0 aromatic heterocycles. The Hall–Kier alpha value is -1.10. The summed E-state index contributed by atoms with van der Waals surface area (Å²) in [7, 11) is 0.